The summed E-state index contributed by atoms with van der Waals surface area (Å²) in [4.78, 5) is 11.2. The largest absolute Gasteiger partial charge is 0.466 e. The van der Waals surface area contributed by atoms with E-state index in [0.29, 0.717) is 25.9 Å². The highest BCUT2D eigenvalue weighted by Gasteiger charge is 2.40. The first kappa shape index (κ1) is 20.4. The maximum atomic E-state index is 11.2. The van der Waals surface area contributed by atoms with Gasteiger partial charge in [-0.05, 0) is 57.8 Å². The predicted molar refractivity (Wildman–Crippen MR) is 88.9 cm³/mol. The number of carbonyl (C=O) groups is 1. The summed E-state index contributed by atoms with van der Waals surface area (Å²) < 4.78 is 4.90. The van der Waals surface area contributed by atoms with Gasteiger partial charge in [0.2, 0.25) is 0 Å². The molecule has 1 saturated carbocycles. The first-order valence-corrected chi connectivity index (χ1v) is 9.15. The molecular weight excluding hydrogens is 296 g/mol. The molecule has 0 aromatic rings. The van der Waals surface area contributed by atoms with Crippen LogP contribution < -0.4 is 0 Å². The van der Waals surface area contributed by atoms with Crippen LogP contribution in [0.25, 0.3) is 0 Å². The highest BCUT2D eigenvalue weighted by molar-refractivity contribution is 5.69. The van der Waals surface area contributed by atoms with Gasteiger partial charge in [0.25, 0.3) is 0 Å². The summed E-state index contributed by atoms with van der Waals surface area (Å²) >= 11 is 0. The zero-order chi connectivity index (χ0) is 17.2. The van der Waals surface area contributed by atoms with Crippen molar-refractivity contribution in [1.29, 1.82) is 0 Å². The number of ether oxygens (including phenoxy) is 1. The fraction of sp³-hybridized carbons (Fsp3) is 0.944. The average molecular weight is 330 g/mol. The zero-order valence-corrected chi connectivity index (χ0v) is 14.6. The van der Waals surface area contributed by atoms with Crippen LogP contribution in [0.5, 0.6) is 0 Å². The lowest BCUT2D eigenvalue weighted by molar-refractivity contribution is -0.143. The maximum absolute atomic E-state index is 11.2. The molecule has 3 N–H and O–H groups in total. The number of aliphatic hydroxyl groups is 3. The number of aliphatic hydroxyl groups excluding tert-OH is 3. The summed E-state index contributed by atoms with van der Waals surface area (Å²) in [5, 5.41) is 29.7. The van der Waals surface area contributed by atoms with Crippen LogP contribution in [0.3, 0.4) is 0 Å². The van der Waals surface area contributed by atoms with E-state index in [9.17, 15) is 20.1 Å². The fourth-order valence-corrected chi connectivity index (χ4v) is 3.65. The fourth-order valence-electron chi connectivity index (χ4n) is 3.65. The van der Waals surface area contributed by atoms with E-state index in [1.807, 2.05) is 6.92 Å². The predicted octanol–water partition coefficient (Wildman–Crippen LogP) is 2.41. The van der Waals surface area contributed by atoms with E-state index in [4.69, 9.17) is 4.74 Å². The first-order valence-electron chi connectivity index (χ1n) is 9.15. The lowest BCUT2D eigenvalue weighted by atomic mass is 9.85. The molecule has 0 aliphatic heterocycles. The second kappa shape index (κ2) is 11.0. The van der Waals surface area contributed by atoms with E-state index in [1.165, 1.54) is 0 Å². The average Bonchev–Trinajstić information content (AvgIpc) is 2.74. The Balaban J connectivity index is 2.21. The summed E-state index contributed by atoms with van der Waals surface area (Å²) in [6.45, 7) is 4.01. The van der Waals surface area contributed by atoms with E-state index >= 15 is 0 Å². The van der Waals surface area contributed by atoms with Crippen LogP contribution in [-0.2, 0) is 9.53 Å². The van der Waals surface area contributed by atoms with Gasteiger partial charge in [-0.2, -0.15) is 0 Å². The standard InChI is InChI=1S/C18H34O5/c1-3-23-18(22)9-7-5-4-6-8-14-15(11-10-13(2)19)17(21)12-16(14)20/h13-17,19-21H,3-12H2,1-2H3/t13?,14-,15-,16+,17-/m1/s1. The second-order valence-corrected chi connectivity index (χ2v) is 6.88. The lowest BCUT2D eigenvalue weighted by Crippen LogP contribution is -2.23. The summed E-state index contributed by atoms with van der Waals surface area (Å²) in [7, 11) is 0. The van der Waals surface area contributed by atoms with Gasteiger partial charge in [-0.3, -0.25) is 4.79 Å². The molecule has 23 heavy (non-hydrogen) atoms. The third kappa shape index (κ3) is 7.64. The van der Waals surface area contributed by atoms with Gasteiger partial charge in [0.05, 0.1) is 24.9 Å². The molecule has 5 nitrogen and oxygen atoms in total. The van der Waals surface area contributed by atoms with Crippen LogP contribution >= 0.6 is 0 Å². The first-order chi connectivity index (χ1) is 11.0. The Morgan fingerprint density at radius 3 is 2.30 bits per heavy atom. The molecule has 5 atom stereocenters. The van der Waals surface area contributed by atoms with Gasteiger partial charge in [0.1, 0.15) is 0 Å². The van der Waals surface area contributed by atoms with Gasteiger partial charge in [0, 0.05) is 6.42 Å². The number of esters is 1. The van der Waals surface area contributed by atoms with E-state index in [1.54, 1.807) is 6.92 Å². The normalized spacial score (nSPS) is 28.7. The van der Waals surface area contributed by atoms with Crippen molar-refractivity contribution >= 4 is 5.97 Å². The highest BCUT2D eigenvalue weighted by Crippen LogP contribution is 2.39. The molecule has 0 aromatic carbocycles. The zero-order valence-electron chi connectivity index (χ0n) is 14.6. The van der Waals surface area contributed by atoms with Crippen molar-refractivity contribution in [2.75, 3.05) is 6.61 Å². The number of rotatable bonds is 11. The number of unbranched alkanes of at least 4 members (excludes halogenated alkanes) is 3. The molecule has 136 valence electrons. The van der Waals surface area contributed by atoms with Gasteiger partial charge < -0.3 is 20.1 Å². The third-order valence-electron chi connectivity index (χ3n) is 4.91. The molecule has 1 unspecified atom stereocenters. The van der Waals surface area contributed by atoms with Crippen molar-refractivity contribution in [1.82, 2.24) is 0 Å². The second-order valence-electron chi connectivity index (χ2n) is 6.88. The molecule has 1 aliphatic carbocycles. The maximum Gasteiger partial charge on any atom is 0.305 e. The van der Waals surface area contributed by atoms with E-state index in [2.05, 4.69) is 0 Å². The Morgan fingerprint density at radius 1 is 1.09 bits per heavy atom. The highest BCUT2D eigenvalue weighted by atomic mass is 16.5. The van der Waals surface area contributed by atoms with Gasteiger partial charge in [-0.15, -0.1) is 0 Å². The van der Waals surface area contributed by atoms with Crippen molar-refractivity contribution in [3.63, 3.8) is 0 Å². The number of carbonyl (C=O) groups excluding carboxylic acids is 1. The molecule has 1 rings (SSSR count). The smallest absolute Gasteiger partial charge is 0.305 e. The van der Waals surface area contributed by atoms with Crippen molar-refractivity contribution in [2.24, 2.45) is 11.8 Å². The minimum atomic E-state index is -0.447. The molecule has 0 bridgehead atoms. The third-order valence-corrected chi connectivity index (χ3v) is 4.91. The topological polar surface area (TPSA) is 87.0 Å². The number of hydrogen-bond acceptors (Lipinski definition) is 5. The van der Waals surface area contributed by atoms with Gasteiger partial charge in [-0.25, -0.2) is 0 Å². The van der Waals surface area contributed by atoms with E-state index in [-0.39, 0.29) is 23.9 Å². The monoisotopic (exact) mass is 330 g/mol. The van der Waals surface area contributed by atoms with Crippen LogP contribution in [0, 0.1) is 11.8 Å². The summed E-state index contributed by atoms with van der Waals surface area (Å²) in [5.41, 5.74) is 0. The van der Waals surface area contributed by atoms with Gasteiger partial charge in [-0.1, -0.05) is 19.3 Å². The van der Waals surface area contributed by atoms with Gasteiger partial charge in [0.15, 0.2) is 0 Å². The lowest BCUT2D eigenvalue weighted by Gasteiger charge is -2.24. The Labute approximate surface area is 140 Å². The summed E-state index contributed by atoms with van der Waals surface area (Å²) in [5.74, 6) is 0.105. The van der Waals surface area contributed by atoms with Gasteiger partial charge >= 0.3 is 5.97 Å². The van der Waals surface area contributed by atoms with Crippen LogP contribution in [-0.4, -0.2) is 46.2 Å². The van der Waals surface area contributed by atoms with Crippen LogP contribution in [0.4, 0.5) is 0 Å². The summed E-state index contributed by atoms with van der Waals surface area (Å²) in [6, 6.07) is 0. The van der Waals surface area contributed by atoms with E-state index < -0.39 is 12.2 Å². The molecule has 0 heterocycles. The minimum Gasteiger partial charge on any atom is -0.466 e. The van der Waals surface area contributed by atoms with E-state index in [0.717, 1.165) is 38.5 Å². The molecule has 1 aliphatic rings. The van der Waals surface area contributed by atoms with Crippen LogP contribution in [0.15, 0.2) is 0 Å². The SMILES string of the molecule is CCOC(=O)CCCCCC[C@@H]1[C@@H](CCC(C)O)[C@H](O)C[C@@H]1O. The Kier molecular flexibility index (Phi) is 9.75. The van der Waals surface area contributed by atoms with Crippen molar-refractivity contribution < 1.29 is 24.9 Å². The quantitative estimate of drug-likeness (QED) is 0.400. The number of hydrogen-bond donors (Lipinski definition) is 3. The van der Waals surface area contributed by atoms with Crippen molar-refractivity contribution in [3.05, 3.63) is 0 Å². The van der Waals surface area contributed by atoms with Crippen LogP contribution in [0.1, 0.15) is 71.6 Å². The van der Waals surface area contributed by atoms with Crippen molar-refractivity contribution in [2.45, 2.75) is 89.9 Å². The molecule has 0 aromatic heterocycles. The minimum absolute atomic E-state index is 0.0964. The van der Waals surface area contributed by atoms with Crippen LogP contribution in [0.2, 0.25) is 0 Å². The molecular formula is C18H34O5. The molecule has 1 fully saturated rings. The molecule has 0 saturated heterocycles. The molecule has 0 spiro atoms. The Bertz CT molecular complexity index is 331. The molecule has 0 amide bonds. The summed E-state index contributed by atoms with van der Waals surface area (Å²) in [6.07, 6.45) is 5.92. The Morgan fingerprint density at radius 2 is 1.70 bits per heavy atom. The molecule has 0 radical (unpaired) electrons. The molecule has 5 heteroatoms. The Hall–Kier alpha value is -0.650. The van der Waals surface area contributed by atoms with Crippen molar-refractivity contribution in [3.8, 4) is 0 Å².